The Kier molecular flexibility index (Phi) is 7.06. The minimum Gasteiger partial charge on any atom is -0.387 e. The molecule has 4 rings (SSSR count). The number of rotatable bonds is 8. The van der Waals surface area contributed by atoms with E-state index >= 15 is 0 Å². The van der Waals surface area contributed by atoms with Gasteiger partial charge in [0.2, 0.25) is 15.8 Å². The van der Waals surface area contributed by atoms with Gasteiger partial charge in [-0.2, -0.15) is 0 Å². The van der Waals surface area contributed by atoms with E-state index in [1.807, 2.05) is 48.5 Å². The number of carbonyl (C=O) groups excluding carboxylic acids is 1. The molecule has 0 bridgehead atoms. The van der Waals surface area contributed by atoms with E-state index in [0.717, 1.165) is 5.56 Å². The van der Waals surface area contributed by atoms with Gasteiger partial charge in [0.05, 0.1) is 23.2 Å². The van der Waals surface area contributed by atoms with E-state index in [9.17, 15) is 18.3 Å². The molecule has 1 heterocycles. The lowest BCUT2D eigenvalue weighted by Gasteiger charge is -2.19. The molecule has 0 saturated carbocycles. The lowest BCUT2D eigenvalue weighted by molar-refractivity contribution is 0.0669. The van der Waals surface area contributed by atoms with Gasteiger partial charge in [-0.15, -0.1) is 5.10 Å². The van der Waals surface area contributed by atoms with Gasteiger partial charge in [-0.05, 0) is 35.4 Å². The van der Waals surface area contributed by atoms with Gasteiger partial charge < -0.3 is 10.0 Å². The fraction of sp³-hybridized carbons (Fsp3) is 0.160. The minimum atomic E-state index is -3.84. The molecule has 35 heavy (non-hydrogen) atoms. The van der Waals surface area contributed by atoms with Crippen molar-refractivity contribution in [2.24, 2.45) is 5.14 Å². The van der Waals surface area contributed by atoms with E-state index in [1.54, 1.807) is 31.3 Å². The van der Waals surface area contributed by atoms with Gasteiger partial charge in [0, 0.05) is 13.5 Å². The van der Waals surface area contributed by atoms with Crippen LogP contribution in [-0.2, 0) is 16.4 Å². The molecule has 0 radical (unpaired) electrons. The van der Waals surface area contributed by atoms with E-state index in [0.29, 0.717) is 23.5 Å². The number of benzene rings is 3. The second-order valence-electron chi connectivity index (χ2n) is 8.08. The molecule has 0 aliphatic rings. The number of aromatic nitrogens is 3. The number of carbonyl (C=O) groups is 1. The summed E-state index contributed by atoms with van der Waals surface area (Å²) >= 11 is 0. The number of aliphatic hydroxyl groups is 1. The number of hydrogen-bond acceptors (Lipinski definition) is 6. The summed E-state index contributed by atoms with van der Waals surface area (Å²) in [5.41, 5.74) is 2.20. The Morgan fingerprint density at radius 1 is 1.00 bits per heavy atom. The van der Waals surface area contributed by atoms with Crippen molar-refractivity contribution in [3.63, 3.8) is 0 Å². The third-order valence-electron chi connectivity index (χ3n) is 5.46. The highest BCUT2D eigenvalue weighted by atomic mass is 32.2. The quantitative estimate of drug-likeness (QED) is 0.389. The second-order valence-corrected chi connectivity index (χ2v) is 9.64. The van der Waals surface area contributed by atoms with Crippen LogP contribution in [0.4, 0.5) is 0 Å². The number of aliphatic hydroxyl groups excluding tert-OH is 1. The van der Waals surface area contributed by atoms with Crippen molar-refractivity contribution in [3.05, 3.63) is 108 Å². The molecule has 1 atom stereocenters. The highest BCUT2D eigenvalue weighted by Crippen LogP contribution is 2.18. The van der Waals surface area contributed by atoms with Crippen molar-refractivity contribution in [1.29, 1.82) is 0 Å². The van der Waals surface area contributed by atoms with Crippen LogP contribution in [0.1, 0.15) is 33.7 Å². The standard InChI is InChI=1S/C25H25N5O4S/c1-29(17-22(31)19-10-6-3-7-11-19)25(32)24-27-23(16-18-8-4-2-5-9-18)30(28-24)20-12-14-21(15-13-20)35(26,33)34/h2-15,22,31H,16-17H2,1H3,(H2,26,33,34). The Labute approximate surface area is 203 Å². The van der Waals surface area contributed by atoms with Crippen LogP contribution < -0.4 is 5.14 Å². The number of nitrogens with zero attached hydrogens (tertiary/aromatic N) is 4. The molecule has 0 fully saturated rings. The summed E-state index contributed by atoms with van der Waals surface area (Å²) in [5.74, 6) is 0.0170. The van der Waals surface area contributed by atoms with Crippen molar-refractivity contribution < 1.29 is 18.3 Å². The first-order valence-electron chi connectivity index (χ1n) is 10.8. The highest BCUT2D eigenvalue weighted by molar-refractivity contribution is 7.89. The van der Waals surface area contributed by atoms with E-state index < -0.39 is 22.0 Å². The Morgan fingerprint density at radius 2 is 1.60 bits per heavy atom. The topological polar surface area (TPSA) is 131 Å². The largest absolute Gasteiger partial charge is 0.387 e. The maximum Gasteiger partial charge on any atom is 0.293 e. The number of primary sulfonamides is 1. The summed E-state index contributed by atoms with van der Waals surface area (Å²) in [6.45, 7) is 0.0640. The molecule has 0 spiro atoms. The molecule has 3 N–H and O–H groups in total. The SMILES string of the molecule is CN(CC(O)c1ccccc1)C(=O)c1nc(Cc2ccccc2)n(-c2ccc(S(N)(=O)=O)cc2)n1. The van der Waals surface area contributed by atoms with Gasteiger partial charge in [-0.3, -0.25) is 4.79 Å². The molecule has 1 unspecified atom stereocenters. The van der Waals surface area contributed by atoms with Crippen LogP contribution in [-0.4, -0.2) is 52.7 Å². The molecule has 180 valence electrons. The lowest BCUT2D eigenvalue weighted by Crippen LogP contribution is -2.32. The first kappa shape index (κ1) is 24.3. The Balaban J connectivity index is 1.64. The molecule has 10 heteroatoms. The third-order valence-corrected chi connectivity index (χ3v) is 6.39. The molecule has 3 aromatic carbocycles. The number of amides is 1. The van der Waals surface area contributed by atoms with Gasteiger partial charge in [0.25, 0.3) is 5.91 Å². The minimum absolute atomic E-state index is 0.0306. The van der Waals surface area contributed by atoms with Crippen LogP contribution in [0.25, 0.3) is 5.69 Å². The summed E-state index contributed by atoms with van der Waals surface area (Å²) in [4.78, 5) is 19.0. The first-order chi connectivity index (χ1) is 16.7. The molecule has 0 aliphatic carbocycles. The zero-order valence-electron chi connectivity index (χ0n) is 19.0. The predicted molar refractivity (Wildman–Crippen MR) is 130 cm³/mol. The van der Waals surface area contributed by atoms with Crippen LogP contribution >= 0.6 is 0 Å². The molecular formula is C25H25N5O4S. The first-order valence-corrected chi connectivity index (χ1v) is 12.4. The molecule has 1 aromatic heterocycles. The third kappa shape index (κ3) is 5.80. The zero-order valence-corrected chi connectivity index (χ0v) is 19.8. The van der Waals surface area contributed by atoms with Gasteiger partial charge in [0.1, 0.15) is 5.82 Å². The predicted octanol–water partition coefficient (Wildman–Crippen LogP) is 2.31. The molecule has 4 aromatic rings. The van der Waals surface area contributed by atoms with Crippen molar-refractivity contribution in [2.45, 2.75) is 17.4 Å². The average Bonchev–Trinajstić information content (AvgIpc) is 3.27. The summed E-state index contributed by atoms with van der Waals surface area (Å²) in [6.07, 6.45) is -0.462. The molecule has 0 aliphatic heterocycles. The lowest BCUT2D eigenvalue weighted by atomic mass is 10.1. The van der Waals surface area contributed by atoms with Crippen molar-refractivity contribution in [1.82, 2.24) is 19.7 Å². The van der Waals surface area contributed by atoms with Crippen molar-refractivity contribution >= 4 is 15.9 Å². The molecular weight excluding hydrogens is 466 g/mol. The van der Waals surface area contributed by atoms with Gasteiger partial charge >= 0.3 is 0 Å². The molecule has 9 nitrogen and oxygen atoms in total. The Bertz CT molecular complexity index is 1410. The smallest absolute Gasteiger partial charge is 0.293 e. The van der Waals surface area contributed by atoms with Gasteiger partial charge in [-0.25, -0.2) is 23.2 Å². The average molecular weight is 492 g/mol. The maximum absolute atomic E-state index is 13.1. The summed E-state index contributed by atoms with van der Waals surface area (Å²) in [6, 6.07) is 24.5. The van der Waals surface area contributed by atoms with Crippen LogP contribution in [0.2, 0.25) is 0 Å². The Hall–Kier alpha value is -3.86. The van der Waals surface area contributed by atoms with Gasteiger partial charge in [-0.1, -0.05) is 60.7 Å². The molecule has 0 saturated heterocycles. The fourth-order valence-corrected chi connectivity index (χ4v) is 4.12. The molecule has 1 amide bonds. The van der Waals surface area contributed by atoms with Crippen molar-refractivity contribution in [2.75, 3.05) is 13.6 Å². The number of sulfonamides is 1. The Morgan fingerprint density at radius 3 is 2.20 bits per heavy atom. The number of nitrogens with two attached hydrogens (primary N) is 1. The summed E-state index contributed by atoms with van der Waals surface area (Å²) in [7, 11) is -2.27. The van der Waals surface area contributed by atoms with E-state index in [2.05, 4.69) is 10.1 Å². The fourth-order valence-electron chi connectivity index (χ4n) is 3.61. The van der Waals surface area contributed by atoms with E-state index in [4.69, 9.17) is 5.14 Å². The van der Waals surface area contributed by atoms with Crippen LogP contribution in [0.5, 0.6) is 0 Å². The normalized spacial score (nSPS) is 12.3. The van der Waals surface area contributed by atoms with Gasteiger partial charge in [0.15, 0.2) is 0 Å². The van der Waals surface area contributed by atoms with Crippen LogP contribution in [0, 0.1) is 0 Å². The monoisotopic (exact) mass is 491 g/mol. The van der Waals surface area contributed by atoms with Crippen LogP contribution in [0.3, 0.4) is 0 Å². The summed E-state index contributed by atoms with van der Waals surface area (Å²) in [5, 5.41) is 20.1. The van der Waals surface area contributed by atoms with Crippen LogP contribution in [0.15, 0.2) is 89.8 Å². The maximum atomic E-state index is 13.1. The number of likely N-dealkylation sites (N-methyl/N-ethyl adjacent to an activating group) is 1. The highest BCUT2D eigenvalue weighted by Gasteiger charge is 2.23. The van der Waals surface area contributed by atoms with E-state index in [-0.39, 0.29) is 17.3 Å². The number of hydrogen-bond donors (Lipinski definition) is 2. The van der Waals surface area contributed by atoms with E-state index in [1.165, 1.54) is 21.7 Å². The summed E-state index contributed by atoms with van der Waals surface area (Å²) < 4.78 is 24.7. The zero-order chi connectivity index (χ0) is 25.0. The van der Waals surface area contributed by atoms with Crippen molar-refractivity contribution in [3.8, 4) is 5.69 Å². The second kappa shape index (κ2) is 10.2.